The molecule has 178 valence electrons. The second-order valence-electron chi connectivity index (χ2n) is 8.03. The van der Waals surface area contributed by atoms with Gasteiger partial charge in [-0.25, -0.2) is 4.68 Å². The molecule has 7 nitrogen and oxygen atoms in total. The predicted octanol–water partition coefficient (Wildman–Crippen LogP) is 5.57. The molecule has 0 aliphatic heterocycles. The Hall–Kier alpha value is -4.91. The van der Waals surface area contributed by atoms with Gasteiger partial charge in [0.15, 0.2) is 0 Å². The summed E-state index contributed by atoms with van der Waals surface area (Å²) in [7, 11) is 1.60. The fourth-order valence-corrected chi connectivity index (χ4v) is 3.91. The number of amides is 1. The van der Waals surface area contributed by atoms with Crippen LogP contribution in [0.1, 0.15) is 21.5 Å². The van der Waals surface area contributed by atoms with Crippen LogP contribution in [0.2, 0.25) is 0 Å². The van der Waals surface area contributed by atoms with Gasteiger partial charge in [0.05, 0.1) is 34.1 Å². The highest BCUT2D eigenvalue weighted by Gasteiger charge is 2.34. The van der Waals surface area contributed by atoms with Gasteiger partial charge >= 0.3 is 6.18 Å². The first-order valence-corrected chi connectivity index (χ1v) is 10.8. The number of nitrogens with zero attached hydrogens (tertiary/aromatic N) is 5. The lowest BCUT2D eigenvalue weighted by molar-refractivity contribution is -0.137. The molecule has 10 heteroatoms. The number of para-hydroxylation sites is 1. The zero-order valence-corrected chi connectivity index (χ0v) is 18.8. The number of alkyl halides is 3. The van der Waals surface area contributed by atoms with Crippen LogP contribution < -0.4 is 5.32 Å². The number of hydrogen-bond donors (Lipinski definition) is 1. The number of carbonyl (C=O) groups is 1. The van der Waals surface area contributed by atoms with Crippen LogP contribution in [-0.4, -0.2) is 25.5 Å². The molecule has 1 N–H and O–H groups in total. The molecular formula is C26H17F3N6O. The van der Waals surface area contributed by atoms with Gasteiger partial charge in [-0.05, 0) is 54.6 Å². The van der Waals surface area contributed by atoms with Crippen molar-refractivity contribution in [2.75, 3.05) is 5.32 Å². The van der Waals surface area contributed by atoms with E-state index in [1.165, 1.54) is 27.7 Å². The van der Waals surface area contributed by atoms with Gasteiger partial charge in [0.2, 0.25) is 0 Å². The highest BCUT2D eigenvalue weighted by Crippen LogP contribution is 2.37. The van der Waals surface area contributed by atoms with Crippen LogP contribution in [0.4, 0.5) is 19.0 Å². The molecule has 0 bridgehead atoms. The Morgan fingerprint density at radius 3 is 2.44 bits per heavy atom. The number of fused-ring (bicyclic) bond motifs is 1. The monoisotopic (exact) mass is 486 g/mol. The number of hydrogen-bond acceptors (Lipinski definition) is 4. The van der Waals surface area contributed by atoms with Crippen LogP contribution in [0.5, 0.6) is 0 Å². The molecule has 0 saturated carbocycles. The zero-order valence-electron chi connectivity index (χ0n) is 18.8. The second-order valence-corrected chi connectivity index (χ2v) is 8.03. The summed E-state index contributed by atoms with van der Waals surface area (Å²) in [5, 5.41) is 21.3. The Bertz CT molecular complexity index is 1640. The minimum absolute atomic E-state index is 0.00838. The van der Waals surface area contributed by atoms with E-state index in [4.69, 9.17) is 0 Å². The van der Waals surface area contributed by atoms with Gasteiger partial charge in [-0.2, -0.15) is 28.6 Å². The summed E-state index contributed by atoms with van der Waals surface area (Å²) in [5.74, 6) is -0.347. The fraction of sp³-hybridized carbons (Fsp3) is 0.0769. The van der Waals surface area contributed by atoms with Crippen LogP contribution in [0.15, 0.2) is 79.0 Å². The maximum absolute atomic E-state index is 13.7. The molecule has 0 atom stereocenters. The molecule has 0 spiro atoms. The van der Waals surface area contributed by atoms with Gasteiger partial charge < -0.3 is 5.32 Å². The number of aromatic nitrogens is 4. The number of rotatable bonds is 4. The minimum Gasteiger partial charge on any atom is -0.306 e. The summed E-state index contributed by atoms with van der Waals surface area (Å²) >= 11 is 0. The normalized spacial score (nSPS) is 11.4. The smallest absolute Gasteiger partial charge is 0.306 e. The number of halogens is 3. The van der Waals surface area contributed by atoms with Gasteiger partial charge in [0, 0.05) is 29.8 Å². The third kappa shape index (κ3) is 4.18. The third-order valence-electron chi connectivity index (χ3n) is 5.61. The Kier molecular flexibility index (Phi) is 5.53. The Morgan fingerprint density at radius 1 is 1.00 bits per heavy atom. The van der Waals surface area contributed by atoms with Gasteiger partial charge in [0.25, 0.3) is 5.91 Å². The number of anilines is 1. The van der Waals surface area contributed by atoms with E-state index in [1.54, 1.807) is 37.4 Å². The van der Waals surface area contributed by atoms with Gasteiger partial charge in [0.1, 0.15) is 5.82 Å². The van der Waals surface area contributed by atoms with Crippen molar-refractivity contribution in [3.8, 4) is 23.0 Å². The molecule has 36 heavy (non-hydrogen) atoms. The summed E-state index contributed by atoms with van der Waals surface area (Å²) in [6.45, 7) is 0. The average molecular weight is 486 g/mol. The topological polar surface area (TPSA) is 88.5 Å². The molecule has 3 aromatic carbocycles. The molecule has 2 aromatic heterocycles. The molecule has 0 radical (unpaired) electrons. The summed E-state index contributed by atoms with van der Waals surface area (Å²) in [6.07, 6.45) is -3.10. The van der Waals surface area contributed by atoms with Crippen molar-refractivity contribution in [1.29, 1.82) is 5.26 Å². The largest absolute Gasteiger partial charge is 0.417 e. The lowest BCUT2D eigenvalue weighted by Gasteiger charge is -2.14. The van der Waals surface area contributed by atoms with Crippen LogP contribution in [-0.2, 0) is 13.2 Å². The number of aryl methyl sites for hydroxylation is 1. The number of benzene rings is 3. The number of nitriles is 1. The van der Waals surface area contributed by atoms with E-state index >= 15 is 0 Å². The average Bonchev–Trinajstić information content (AvgIpc) is 3.47. The molecule has 0 aliphatic carbocycles. The molecule has 0 unspecified atom stereocenters. The van der Waals surface area contributed by atoms with Crippen LogP contribution in [0, 0.1) is 11.3 Å². The van der Waals surface area contributed by atoms with Crippen LogP contribution >= 0.6 is 0 Å². The van der Waals surface area contributed by atoms with Crippen LogP contribution in [0.3, 0.4) is 0 Å². The first kappa shape index (κ1) is 22.9. The Morgan fingerprint density at radius 2 is 1.78 bits per heavy atom. The fourth-order valence-electron chi connectivity index (χ4n) is 3.91. The van der Waals surface area contributed by atoms with Gasteiger partial charge in [-0.3, -0.25) is 9.48 Å². The Labute approximate surface area is 203 Å². The summed E-state index contributed by atoms with van der Waals surface area (Å²) in [5.41, 5.74) is 0.573. The molecule has 2 heterocycles. The maximum atomic E-state index is 13.7. The van der Waals surface area contributed by atoms with E-state index in [1.807, 2.05) is 18.2 Å². The van der Waals surface area contributed by atoms with E-state index in [0.717, 1.165) is 12.1 Å². The minimum atomic E-state index is -4.63. The van der Waals surface area contributed by atoms with Crippen molar-refractivity contribution in [2.24, 2.45) is 7.05 Å². The molecule has 0 saturated heterocycles. The number of carbonyl (C=O) groups excluding carboxylic acids is 1. The third-order valence-corrected chi connectivity index (χ3v) is 5.61. The van der Waals surface area contributed by atoms with Crippen molar-refractivity contribution in [1.82, 2.24) is 19.6 Å². The van der Waals surface area contributed by atoms with Crippen molar-refractivity contribution in [3.63, 3.8) is 0 Å². The first-order chi connectivity index (χ1) is 17.2. The summed E-state index contributed by atoms with van der Waals surface area (Å²) < 4.78 is 44.0. The van der Waals surface area contributed by atoms with E-state index in [9.17, 15) is 23.2 Å². The quantitative estimate of drug-likeness (QED) is 0.360. The standard InChI is InChI=1S/C26H17F3N6O/c1-34-12-11-23(32-34)19-14-17(8-9-21(19)26(27,28)29)25(36)31-24-20-13-16(15-30)7-10-22(20)33-35(24)18-5-3-2-4-6-18/h2-14H,1H3,(H,31,36). The number of nitrogens with one attached hydrogen (secondary N) is 1. The predicted molar refractivity (Wildman–Crippen MR) is 127 cm³/mol. The molecule has 0 fully saturated rings. The molecule has 5 rings (SSSR count). The molecular weight excluding hydrogens is 469 g/mol. The van der Waals surface area contributed by atoms with Crippen molar-refractivity contribution < 1.29 is 18.0 Å². The van der Waals surface area contributed by atoms with Gasteiger partial charge in [-0.15, -0.1) is 0 Å². The van der Waals surface area contributed by atoms with Gasteiger partial charge in [-0.1, -0.05) is 18.2 Å². The summed E-state index contributed by atoms with van der Waals surface area (Å²) in [4.78, 5) is 13.3. The van der Waals surface area contributed by atoms with Crippen LogP contribution in [0.25, 0.3) is 27.8 Å². The molecule has 1 amide bonds. The van der Waals surface area contributed by atoms with E-state index in [0.29, 0.717) is 22.2 Å². The SMILES string of the molecule is Cn1ccc(-c2cc(C(=O)Nc3c4cc(C#N)ccc4nn3-c3ccccc3)ccc2C(F)(F)F)n1. The highest BCUT2D eigenvalue weighted by atomic mass is 19.4. The summed E-state index contributed by atoms with van der Waals surface area (Å²) in [6, 6.07) is 20.6. The molecule has 5 aromatic rings. The Balaban J connectivity index is 1.61. The van der Waals surface area contributed by atoms with Crippen molar-refractivity contribution in [2.45, 2.75) is 6.18 Å². The zero-order chi connectivity index (χ0) is 25.4. The van der Waals surface area contributed by atoms with Crippen molar-refractivity contribution in [3.05, 3.63) is 95.7 Å². The van der Waals surface area contributed by atoms with E-state index in [-0.39, 0.29) is 22.6 Å². The first-order valence-electron chi connectivity index (χ1n) is 10.8. The van der Waals surface area contributed by atoms with E-state index in [2.05, 4.69) is 21.6 Å². The lowest BCUT2D eigenvalue weighted by Crippen LogP contribution is -2.16. The lowest BCUT2D eigenvalue weighted by atomic mass is 10.0. The second kappa shape index (κ2) is 8.70. The maximum Gasteiger partial charge on any atom is 0.417 e. The van der Waals surface area contributed by atoms with E-state index < -0.39 is 17.6 Å². The molecule has 0 aliphatic rings. The van der Waals surface area contributed by atoms with Crippen molar-refractivity contribution >= 4 is 22.6 Å². The highest BCUT2D eigenvalue weighted by molar-refractivity contribution is 6.09.